The fourth-order valence-electron chi connectivity index (χ4n) is 1.60. The van der Waals surface area contributed by atoms with E-state index in [1.807, 2.05) is 36.5 Å². The van der Waals surface area contributed by atoms with Crippen molar-refractivity contribution in [1.29, 1.82) is 5.26 Å². The molecular formula is C13H15N5O. The molecule has 0 bridgehead atoms. The minimum Gasteiger partial charge on any atom is -0.479 e. The molecule has 0 saturated heterocycles. The molecule has 1 N–H and O–H groups in total. The smallest absolute Gasteiger partial charge is 0.174 e. The minimum absolute atomic E-state index is 0.0789. The summed E-state index contributed by atoms with van der Waals surface area (Å²) < 4.78 is 6.97. The van der Waals surface area contributed by atoms with Crippen molar-refractivity contribution in [3.63, 3.8) is 0 Å². The number of nitrogens with one attached hydrogen (secondary N) is 1. The normalized spacial score (nSPS) is 10.1. The summed E-state index contributed by atoms with van der Waals surface area (Å²) in [6.45, 7) is 2.49. The maximum absolute atomic E-state index is 8.41. The minimum atomic E-state index is 0.0789. The van der Waals surface area contributed by atoms with Crippen LogP contribution in [0.3, 0.4) is 0 Å². The molecular weight excluding hydrogens is 242 g/mol. The lowest BCUT2D eigenvalue weighted by Crippen LogP contribution is -2.19. The lowest BCUT2D eigenvalue weighted by molar-refractivity contribution is 0.368. The van der Waals surface area contributed by atoms with Crippen LogP contribution in [0.2, 0.25) is 0 Å². The number of hydrogen-bond donors (Lipinski definition) is 1. The van der Waals surface area contributed by atoms with E-state index < -0.39 is 0 Å². The van der Waals surface area contributed by atoms with Gasteiger partial charge in [0.05, 0.1) is 12.7 Å². The van der Waals surface area contributed by atoms with Gasteiger partial charge in [-0.3, -0.25) is 4.68 Å². The summed E-state index contributed by atoms with van der Waals surface area (Å²) in [4.78, 5) is 0. The van der Waals surface area contributed by atoms with Crippen LogP contribution in [0, 0.1) is 11.3 Å². The Labute approximate surface area is 111 Å². The predicted octanol–water partition coefficient (Wildman–Crippen LogP) is 0.970. The molecule has 0 radical (unpaired) electrons. The number of nitriles is 1. The van der Waals surface area contributed by atoms with E-state index in [0.29, 0.717) is 5.75 Å². The van der Waals surface area contributed by atoms with Gasteiger partial charge in [-0.05, 0) is 17.7 Å². The molecule has 0 spiro atoms. The van der Waals surface area contributed by atoms with Gasteiger partial charge in [-0.1, -0.05) is 17.3 Å². The zero-order chi connectivity index (χ0) is 13.3. The van der Waals surface area contributed by atoms with Crippen molar-refractivity contribution in [2.45, 2.75) is 13.1 Å². The zero-order valence-electron chi connectivity index (χ0n) is 10.5. The molecule has 2 rings (SSSR count). The van der Waals surface area contributed by atoms with Crippen LogP contribution in [0.4, 0.5) is 0 Å². The van der Waals surface area contributed by atoms with Gasteiger partial charge >= 0.3 is 0 Å². The molecule has 0 saturated carbocycles. The van der Waals surface area contributed by atoms with Gasteiger partial charge < -0.3 is 10.1 Å². The van der Waals surface area contributed by atoms with E-state index in [2.05, 4.69) is 15.6 Å². The summed E-state index contributed by atoms with van der Waals surface area (Å²) in [6, 6.07) is 9.63. The van der Waals surface area contributed by atoms with E-state index in [0.717, 1.165) is 19.6 Å². The Morgan fingerprint density at radius 3 is 2.84 bits per heavy atom. The van der Waals surface area contributed by atoms with E-state index >= 15 is 0 Å². The number of benzene rings is 1. The predicted molar refractivity (Wildman–Crippen MR) is 69.3 cm³/mol. The average molecular weight is 257 g/mol. The summed E-state index contributed by atoms with van der Waals surface area (Å²) in [5.41, 5.74) is 1.17. The third-order valence-electron chi connectivity index (χ3n) is 2.55. The monoisotopic (exact) mass is 257 g/mol. The highest BCUT2D eigenvalue weighted by molar-refractivity contribution is 5.27. The summed E-state index contributed by atoms with van der Waals surface area (Å²) >= 11 is 0. The van der Waals surface area contributed by atoms with E-state index in [-0.39, 0.29) is 6.61 Å². The fourth-order valence-corrected chi connectivity index (χ4v) is 1.60. The molecule has 2 aromatic rings. The van der Waals surface area contributed by atoms with Gasteiger partial charge in [-0.2, -0.15) is 5.26 Å². The molecule has 0 aliphatic rings. The highest BCUT2D eigenvalue weighted by atomic mass is 16.5. The topological polar surface area (TPSA) is 75.8 Å². The summed E-state index contributed by atoms with van der Waals surface area (Å²) in [7, 11) is 0. The average Bonchev–Trinajstić information content (AvgIpc) is 2.96. The molecule has 98 valence electrons. The van der Waals surface area contributed by atoms with Crippen LogP contribution in [-0.2, 0) is 13.1 Å². The third-order valence-corrected chi connectivity index (χ3v) is 2.55. The first-order valence-corrected chi connectivity index (χ1v) is 6.02. The lowest BCUT2D eigenvalue weighted by Gasteiger charge is -2.06. The van der Waals surface area contributed by atoms with E-state index in [4.69, 9.17) is 10.00 Å². The molecule has 1 heterocycles. The SMILES string of the molecule is N#CCOc1ccc(CNCCn2ccnn2)cc1. The first-order valence-electron chi connectivity index (χ1n) is 6.02. The highest BCUT2D eigenvalue weighted by Gasteiger charge is 1.96. The Kier molecular flexibility index (Phi) is 4.90. The van der Waals surface area contributed by atoms with Crippen molar-refractivity contribution in [2.24, 2.45) is 0 Å². The van der Waals surface area contributed by atoms with Gasteiger partial charge in [0.2, 0.25) is 0 Å². The summed E-state index contributed by atoms with van der Waals surface area (Å²) in [6.07, 6.45) is 3.50. The van der Waals surface area contributed by atoms with Crippen LogP contribution in [0.25, 0.3) is 0 Å². The first-order chi connectivity index (χ1) is 9.38. The Morgan fingerprint density at radius 1 is 1.32 bits per heavy atom. The van der Waals surface area contributed by atoms with Gasteiger partial charge in [-0.15, -0.1) is 5.10 Å². The molecule has 19 heavy (non-hydrogen) atoms. The molecule has 0 unspecified atom stereocenters. The second-order valence-corrected chi connectivity index (χ2v) is 3.93. The Morgan fingerprint density at radius 2 is 2.16 bits per heavy atom. The van der Waals surface area contributed by atoms with E-state index in [1.54, 1.807) is 10.9 Å². The maximum atomic E-state index is 8.41. The Hall–Kier alpha value is -2.39. The second-order valence-electron chi connectivity index (χ2n) is 3.93. The fraction of sp³-hybridized carbons (Fsp3) is 0.308. The van der Waals surface area contributed by atoms with Crippen LogP contribution < -0.4 is 10.1 Å². The molecule has 6 nitrogen and oxygen atoms in total. The molecule has 1 aromatic heterocycles. The van der Waals surface area contributed by atoms with Crippen LogP contribution in [0.1, 0.15) is 5.56 Å². The van der Waals surface area contributed by atoms with Gasteiger partial charge in [-0.25, -0.2) is 0 Å². The van der Waals surface area contributed by atoms with Crippen molar-refractivity contribution in [2.75, 3.05) is 13.2 Å². The van der Waals surface area contributed by atoms with Crippen LogP contribution in [-0.4, -0.2) is 28.1 Å². The molecule has 0 aliphatic carbocycles. The van der Waals surface area contributed by atoms with Crippen LogP contribution >= 0.6 is 0 Å². The lowest BCUT2D eigenvalue weighted by atomic mass is 10.2. The Balaban J connectivity index is 1.69. The standard InChI is InChI=1S/C13H15N5O/c14-5-10-19-13-3-1-12(2-4-13)11-15-6-8-18-9-7-16-17-18/h1-4,7,9,15H,6,8,10-11H2. The molecule has 1 aromatic carbocycles. The first kappa shape index (κ1) is 13.1. The van der Waals surface area contributed by atoms with Gasteiger partial charge in [0.1, 0.15) is 11.8 Å². The van der Waals surface area contributed by atoms with Gasteiger partial charge in [0.15, 0.2) is 6.61 Å². The van der Waals surface area contributed by atoms with Gasteiger partial charge in [0.25, 0.3) is 0 Å². The highest BCUT2D eigenvalue weighted by Crippen LogP contribution is 2.11. The molecule has 6 heteroatoms. The van der Waals surface area contributed by atoms with Crippen molar-refractivity contribution < 1.29 is 4.74 Å². The molecule has 0 fully saturated rings. The summed E-state index contributed by atoms with van der Waals surface area (Å²) in [5, 5.41) is 19.4. The van der Waals surface area contributed by atoms with Crippen molar-refractivity contribution >= 4 is 0 Å². The third kappa shape index (κ3) is 4.41. The maximum Gasteiger partial charge on any atom is 0.174 e. The zero-order valence-corrected chi connectivity index (χ0v) is 10.5. The largest absolute Gasteiger partial charge is 0.479 e. The Bertz CT molecular complexity index is 515. The summed E-state index contributed by atoms with van der Waals surface area (Å²) in [5.74, 6) is 0.716. The van der Waals surface area contributed by atoms with Crippen LogP contribution in [0.5, 0.6) is 5.75 Å². The van der Waals surface area contributed by atoms with E-state index in [1.165, 1.54) is 5.56 Å². The number of hydrogen-bond acceptors (Lipinski definition) is 5. The molecule has 0 aliphatic heterocycles. The van der Waals surface area contributed by atoms with Crippen LogP contribution in [0.15, 0.2) is 36.7 Å². The molecule has 0 amide bonds. The number of ether oxygens (including phenoxy) is 1. The van der Waals surface area contributed by atoms with Crippen molar-refractivity contribution in [3.8, 4) is 11.8 Å². The van der Waals surface area contributed by atoms with E-state index in [9.17, 15) is 0 Å². The second kappa shape index (κ2) is 7.13. The van der Waals surface area contributed by atoms with Crippen molar-refractivity contribution in [1.82, 2.24) is 20.3 Å². The van der Waals surface area contributed by atoms with Crippen molar-refractivity contribution in [3.05, 3.63) is 42.2 Å². The number of nitrogens with zero attached hydrogens (tertiary/aromatic N) is 4. The number of aromatic nitrogens is 3. The number of rotatable bonds is 7. The molecule has 0 atom stereocenters. The van der Waals surface area contributed by atoms with Gasteiger partial charge in [0, 0.05) is 19.3 Å². The quantitative estimate of drug-likeness (QED) is 0.748.